The number of hydrogen-bond acceptors (Lipinski definition) is 7. The number of para-hydroxylation sites is 2. The van der Waals surface area contributed by atoms with E-state index in [9.17, 15) is 17.6 Å². The second-order valence-corrected chi connectivity index (χ2v) is 5.61. The number of benzene rings is 2. The molecular formula is C17H10F4N6O. The van der Waals surface area contributed by atoms with Crippen molar-refractivity contribution in [2.75, 3.05) is 10.6 Å². The van der Waals surface area contributed by atoms with Crippen LogP contribution in [0.4, 0.5) is 40.6 Å². The average Bonchev–Trinajstić information content (AvgIpc) is 3.10. The van der Waals surface area contributed by atoms with Crippen LogP contribution < -0.4 is 10.6 Å². The molecule has 0 saturated heterocycles. The van der Waals surface area contributed by atoms with E-state index in [2.05, 4.69) is 35.5 Å². The summed E-state index contributed by atoms with van der Waals surface area (Å²) < 4.78 is 58.4. The van der Waals surface area contributed by atoms with Gasteiger partial charge < -0.3 is 10.6 Å². The van der Waals surface area contributed by atoms with E-state index in [1.165, 1.54) is 36.4 Å². The summed E-state index contributed by atoms with van der Waals surface area (Å²) in [4.78, 5) is 8.19. The van der Waals surface area contributed by atoms with Gasteiger partial charge in [-0.05, 0) is 34.6 Å². The lowest BCUT2D eigenvalue weighted by atomic mass is 10.1. The van der Waals surface area contributed by atoms with Gasteiger partial charge in [0.25, 0.3) is 0 Å². The molecule has 0 unspecified atom stereocenters. The molecule has 2 aromatic carbocycles. The fraction of sp³-hybridized carbons (Fsp3) is 0.0588. The lowest BCUT2D eigenvalue weighted by Gasteiger charge is -2.16. The van der Waals surface area contributed by atoms with Gasteiger partial charge in [0, 0.05) is 0 Å². The molecule has 0 amide bonds. The van der Waals surface area contributed by atoms with Crippen LogP contribution in [-0.2, 0) is 6.18 Å². The molecule has 28 heavy (non-hydrogen) atoms. The Balaban J connectivity index is 1.79. The number of fused-ring (bicyclic) bond motifs is 1. The van der Waals surface area contributed by atoms with Crippen molar-refractivity contribution in [1.29, 1.82) is 0 Å². The molecule has 0 bridgehead atoms. The number of halogens is 4. The quantitative estimate of drug-likeness (QED) is 0.490. The van der Waals surface area contributed by atoms with Crippen LogP contribution in [0.25, 0.3) is 11.3 Å². The fourth-order valence-corrected chi connectivity index (χ4v) is 2.47. The van der Waals surface area contributed by atoms with Gasteiger partial charge in [-0.15, -0.1) is 0 Å². The topological polar surface area (TPSA) is 88.8 Å². The number of nitrogens with zero attached hydrogens (tertiary/aromatic N) is 4. The molecular weight excluding hydrogens is 380 g/mol. The van der Waals surface area contributed by atoms with Crippen LogP contribution in [0.2, 0.25) is 0 Å². The van der Waals surface area contributed by atoms with Crippen LogP contribution in [0.5, 0.6) is 0 Å². The molecule has 0 spiro atoms. The predicted octanol–water partition coefficient (Wildman–Crippen LogP) is 4.66. The molecule has 2 heterocycles. The summed E-state index contributed by atoms with van der Waals surface area (Å²) >= 11 is 0. The van der Waals surface area contributed by atoms with Gasteiger partial charge in [0.1, 0.15) is 5.82 Å². The van der Waals surface area contributed by atoms with Gasteiger partial charge in [0.05, 0.1) is 16.9 Å². The summed E-state index contributed by atoms with van der Waals surface area (Å²) in [5, 5.41) is 12.4. The van der Waals surface area contributed by atoms with Gasteiger partial charge in [0.15, 0.2) is 11.6 Å². The Bertz CT molecular complexity index is 1140. The van der Waals surface area contributed by atoms with E-state index < -0.39 is 17.6 Å². The molecule has 4 rings (SSSR count). The van der Waals surface area contributed by atoms with E-state index in [1.54, 1.807) is 6.07 Å². The third-order valence-corrected chi connectivity index (χ3v) is 3.73. The van der Waals surface area contributed by atoms with Gasteiger partial charge in [-0.3, -0.25) is 0 Å². The van der Waals surface area contributed by atoms with Crippen molar-refractivity contribution in [3.05, 3.63) is 59.9 Å². The highest BCUT2D eigenvalue weighted by Crippen LogP contribution is 2.37. The fourth-order valence-electron chi connectivity index (χ4n) is 2.47. The molecule has 0 radical (unpaired) electrons. The van der Waals surface area contributed by atoms with Crippen LogP contribution in [0.15, 0.2) is 53.2 Å². The molecule has 11 heteroatoms. The summed E-state index contributed by atoms with van der Waals surface area (Å²) in [5.74, 6) is -0.738. The van der Waals surface area contributed by atoms with Crippen molar-refractivity contribution in [1.82, 2.24) is 20.3 Å². The highest BCUT2D eigenvalue weighted by atomic mass is 19.4. The zero-order chi connectivity index (χ0) is 19.7. The predicted molar refractivity (Wildman–Crippen MR) is 91.8 cm³/mol. The van der Waals surface area contributed by atoms with Crippen LogP contribution in [0.3, 0.4) is 0 Å². The van der Waals surface area contributed by atoms with Crippen LogP contribution in [-0.4, -0.2) is 20.3 Å². The van der Waals surface area contributed by atoms with Gasteiger partial charge >= 0.3 is 6.18 Å². The molecule has 0 aliphatic rings. The molecule has 0 aliphatic carbocycles. The van der Waals surface area contributed by atoms with Crippen molar-refractivity contribution in [3.8, 4) is 0 Å². The Morgan fingerprint density at radius 3 is 1.89 bits per heavy atom. The first kappa shape index (κ1) is 17.6. The maximum atomic E-state index is 14.0. The van der Waals surface area contributed by atoms with Crippen LogP contribution in [0, 0.1) is 5.82 Å². The highest BCUT2D eigenvalue weighted by Gasteiger charge is 2.33. The van der Waals surface area contributed by atoms with Crippen molar-refractivity contribution >= 4 is 34.3 Å². The van der Waals surface area contributed by atoms with E-state index >= 15 is 0 Å². The van der Waals surface area contributed by atoms with E-state index in [4.69, 9.17) is 0 Å². The van der Waals surface area contributed by atoms with Gasteiger partial charge in [-0.25, -0.2) is 19.0 Å². The number of alkyl halides is 3. The number of rotatable bonds is 4. The van der Waals surface area contributed by atoms with E-state index in [-0.39, 0.29) is 34.3 Å². The van der Waals surface area contributed by atoms with E-state index in [1.807, 2.05) is 0 Å². The Hall–Kier alpha value is -3.76. The molecule has 0 atom stereocenters. The first-order valence-corrected chi connectivity index (χ1v) is 7.87. The smallest absolute Gasteiger partial charge is 0.337 e. The van der Waals surface area contributed by atoms with Crippen molar-refractivity contribution in [2.45, 2.75) is 6.18 Å². The minimum Gasteiger partial charge on any atom is -0.337 e. The summed E-state index contributed by atoms with van der Waals surface area (Å²) in [5.41, 5.74) is -1.11. The minimum absolute atomic E-state index is 0.00787. The molecule has 0 saturated carbocycles. The molecule has 4 aromatic rings. The summed E-state index contributed by atoms with van der Waals surface area (Å²) in [6, 6.07) is 10.6. The number of aromatic nitrogens is 4. The van der Waals surface area contributed by atoms with Gasteiger partial charge in [0.2, 0.25) is 11.3 Å². The van der Waals surface area contributed by atoms with Crippen LogP contribution >= 0.6 is 0 Å². The first-order valence-electron chi connectivity index (χ1n) is 7.87. The SMILES string of the molecule is Fc1ccccc1Nc1nc2nonc2nc1Nc1ccccc1C(F)(F)F. The second kappa shape index (κ2) is 6.76. The average molecular weight is 390 g/mol. The Morgan fingerprint density at radius 2 is 1.29 bits per heavy atom. The first-order chi connectivity index (χ1) is 13.4. The monoisotopic (exact) mass is 390 g/mol. The Kier molecular flexibility index (Phi) is 4.26. The zero-order valence-electron chi connectivity index (χ0n) is 13.8. The molecule has 2 aromatic heterocycles. The lowest BCUT2D eigenvalue weighted by molar-refractivity contribution is -0.136. The lowest BCUT2D eigenvalue weighted by Crippen LogP contribution is -2.10. The normalized spacial score (nSPS) is 11.6. The second-order valence-electron chi connectivity index (χ2n) is 5.61. The highest BCUT2D eigenvalue weighted by molar-refractivity contribution is 5.79. The number of nitrogens with one attached hydrogen (secondary N) is 2. The molecule has 2 N–H and O–H groups in total. The zero-order valence-corrected chi connectivity index (χ0v) is 13.8. The standard InChI is InChI=1S/C17H10F4N6O/c18-10-6-2-4-8-12(10)23-14-13(24-15-16(25-14)27-28-26-15)22-11-7-3-1-5-9(11)17(19,20)21/h1-8H,(H,22,24,26)(H,23,25,27). The number of anilines is 4. The molecule has 142 valence electrons. The third kappa shape index (κ3) is 3.41. The van der Waals surface area contributed by atoms with Crippen molar-refractivity contribution in [3.63, 3.8) is 0 Å². The number of hydrogen-bond donors (Lipinski definition) is 2. The van der Waals surface area contributed by atoms with Gasteiger partial charge in [-0.1, -0.05) is 24.3 Å². The Labute approximate surface area is 154 Å². The summed E-state index contributed by atoms with van der Waals surface area (Å²) in [6.45, 7) is 0. The summed E-state index contributed by atoms with van der Waals surface area (Å²) in [7, 11) is 0. The molecule has 0 fully saturated rings. The van der Waals surface area contributed by atoms with E-state index in [0.29, 0.717) is 0 Å². The maximum Gasteiger partial charge on any atom is 0.418 e. The minimum atomic E-state index is -4.59. The molecule has 0 aliphatic heterocycles. The maximum absolute atomic E-state index is 14.0. The van der Waals surface area contributed by atoms with Crippen LogP contribution in [0.1, 0.15) is 5.56 Å². The largest absolute Gasteiger partial charge is 0.418 e. The van der Waals surface area contributed by atoms with Gasteiger partial charge in [-0.2, -0.15) is 13.2 Å². The van der Waals surface area contributed by atoms with Crippen molar-refractivity contribution in [2.24, 2.45) is 0 Å². The Morgan fingerprint density at radius 1 is 0.750 bits per heavy atom. The van der Waals surface area contributed by atoms with Crippen molar-refractivity contribution < 1.29 is 22.2 Å². The third-order valence-electron chi connectivity index (χ3n) is 3.73. The summed E-state index contributed by atoms with van der Waals surface area (Å²) in [6.07, 6.45) is -4.59. The van der Waals surface area contributed by atoms with E-state index in [0.717, 1.165) is 6.07 Å². The molecule has 7 nitrogen and oxygen atoms in total.